The van der Waals surface area contributed by atoms with Crippen LogP contribution >= 0.6 is 15.9 Å². The second kappa shape index (κ2) is 50.7. The first kappa shape index (κ1) is 110. The Kier molecular flexibility index (Phi) is 45.3. The van der Waals surface area contributed by atoms with Crippen molar-refractivity contribution < 1.29 is 17.9 Å². The maximum absolute atomic E-state index is 13.5. The third-order valence-electron chi connectivity index (χ3n) is 19.0. The topological polar surface area (TPSA) is 138 Å². The standard InChI is InChI=1S/C12H17N.C11H15F.C10H14FN.C10H13FO.4C10H15N.C9H13N.C8H10BrN.C8H12N2/c1-12(2,3)11-6-4-5-10(13-11)9-7-8-9;1-8-6-5-7-9(10(8)12)11(2,3)4;1-7-5-6-8(11)9(12-7)10(2,3)4;1-7(2)8-5-4-6-9(12-3)10(8)11;1-8-5-9(7-11-6-8)10(2,3)4;3*1-8-6-5-7-9(11-8)10(2,3)4;1-7(2)9-6-4-5-8(3)10-9;1-6(2)7-4-3-5-8(9)10-7;1-6(2)8-5-9-4-7(3)10-8/h4-6,9H,7-8H2,1-3H3;5-7H,1-4H3;5-6H,1-4H3;4-7H,1-3H3;4*5-7H,1-4H3;4-7H,1-3H3;3-6H,1-2H3;4-6H,1-3H3. The number of ether oxygens (including phenoxy) is 1. The highest BCUT2D eigenvalue weighted by molar-refractivity contribution is 9.10. The quantitative estimate of drug-likeness (QED) is 0.147. The number of nitrogens with zero attached hydrogens (tertiary/aromatic N) is 10. The van der Waals surface area contributed by atoms with E-state index in [0.717, 1.165) is 84.3 Å². The number of hydrogen-bond donors (Lipinski definition) is 0. The lowest BCUT2D eigenvalue weighted by Crippen LogP contribution is -2.16. The molecular weight excluding hydrogens is 1590 g/mol. The van der Waals surface area contributed by atoms with Crippen molar-refractivity contribution >= 4 is 15.9 Å². The van der Waals surface area contributed by atoms with E-state index in [1.165, 1.54) is 54.2 Å². The van der Waals surface area contributed by atoms with Crippen molar-refractivity contribution in [2.24, 2.45) is 0 Å². The molecule has 123 heavy (non-hydrogen) atoms. The van der Waals surface area contributed by atoms with E-state index >= 15 is 0 Å². The van der Waals surface area contributed by atoms with E-state index in [1.807, 2.05) is 170 Å². The van der Waals surface area contributed by atoms with Gasteiger partial charge in [0.1, 0.15) is 16.2 Å². The van der Waals surface area contributed by atoms with Gasteiger partial charge in [0.15, 0.2) is 11.6 Å². The zero-order chi connectivity index (χ0) is 93.9. The summed E-state index contributed by atoms with van der Waals surface area (Å²) in [4.78, 5) is 43.4. The van der Waals surface area contributed by atoms with Crippen molar-refractivity contribution in [1.29, 1.82) is 0 Å². The lowest BCUT2D eigenvalue weighted by Gasteiger charge is -2.20. The van der Waals surface area contributed by atoms with Crippen molar-refractivity contribution in [3.05, 3.63) is 324 Å². The van der Waals surface area contributed by atoms with Gasteiger partial charge in [-0.1, -0.05) is 274 Å². The molecule has 15 heteroatoms. The number of halogens is 4. The molecule has 1 fully saturated rings. The first-order valence-corrected chi connectivity index (χ1v) is 44.2. The van der Waals surface area contributed by atoms with Gasteiger partial charge in [0.2, 0.25) is 0 Å². The molecule has 0 saturated heterocycles. The van der Waals surface area contributed by atoms with Crippen molar-refractivity contribution in [1.82, 2.24) is 49.8 Å². The van der Waals surface area contributed by atoms with E-state index in [1.54, 1.807) is 43.5 Å². The van der Waals surface area contributed by atoms with Crippen LogP contribution < -0.4 is 4.74 Å². The number of aromatic nitrogens is 10. The lowest BCUT2D eigenvalue weighted by atomic mass is 9.86. The minimum absolute atomic E-state index is 0.0648. The maximum atomic E-state index is 13.5. The van der Waals surface area contributed by atoms with Gasteiger partial charge in [0.25, 0.3) is 0 Å². The molecule has 0 aliphatic heterocycles. The molecule has 2 aromatic carbocycles. The van der Waals surface area contributed by atoms with Gasteiger partial charge in [0, 0.05) is 126 Å². The van der Waals surface area contributed by atoms with Crippen LogP contribution in [0.4, 0.5) is 13.2 Å². The lowest BCUT2D eigenvalue weighted by molar-refractivity contribution is 0.383. The van der Waals surface area contributed by atoms with Crippen LogP contribution in [-0.4, -0.2) is 56.9 Å². The van der Waals surface area contributed by atoms with Gasteiger partial charge in [-0.25, -0.2) is 18.2 Å². The number of pyridine rings is 8. The predicted octanol–water partition coefficient (Wildman–Crippen LogP) is 30.6. The fourth-order valence-corrected chi connectivity index (χ4v) is 11.5. The van der Waals surface area contributed by atoms with Gasteiger partial charge in [-0.2, -0.15) is 0 Å². The minimum Gasteiger partial charge on any atom is -0.494 e. The Morgan fingerprint density at radius 1 is 0.341 bits per heavy atom. The van der Waals surface area contributed by atoms with Gasteiger partial charge in [-0.05, 0) is 237 Å². The monoisotopic (exact) mass is 1740 g/mol. The molecule has 0 unspecified atom stereocenters. The first-order valence-electron chi connectivity index (χ1n) is 43.5. The van der Waals surface area contributed by atoms with Crippen LogP contribution in [0.2, 0.25) is 0 Å². The second-order valence-electron chi connectivity index (χ2n) is 40.1. The third kappa shape index (κ3) is 43.3. The Balaban J connectivity index is 0.000000459. The average Bonchev–Trinajstić information content (AvgIpc) is 1.64. The molecular formula is C108H154BrF3N10O. The molecule has 0 N–H and O–H groups in total. The van der Waals surface area contributed by atoms with E-state index in [9.17, 15) is 13.2 Å². The van der Waals surface area contributed by atoms with Crippen molar-refractivity contribution in [3.63, 3.8) is 0 Å². The summed E-state index contributed by atoms with van der Waals surface area (Å²) < 4.78 is 45.9. The molecule has 12 rings (SSSR count). The summed E-state index contributed by atoms with van der Waals surface area (Å²) in [5.41, 5.74) is 21.6. The van der Waals surface area contributed by atoms with Crippen LogP contribution in [0.3, 0.4) is 0 Å². The summed E-state index contributed by atoms with van der Waals surface area (Å²) in [6, 6.07) is 53.1. The maximum Gasteiger partial charge on any atom is 0.168 e. The number of methoxy groups -OCH3 is 1. The minimum atomic E-state index is -0.241. The summed E-state index contributed by atoms with van der Waals surface area (Å²) in [6.07, 6.45) is 10.1. The van der Waals surface area contributed by atoms with Gasteiger partial charge < -0.3 is 4.74 Å². The van der Waals surface area contributed by atoms with Crippen LogP contribution in [0.5, 0.6) is 5.75 Å². The number of rotatable bonds is 6. The highest BCUT2D eigenvalue weighted by atomic mass is 79.9. The molecule has 670 valence electrons. The van der Waals surface area contributed by atoms with E-state index in [4.69, 9.17) is 9.72 Å². The molecule has 0 amide bonds. The molecule has 1 aliphatic rings. The molecule has 11 aromatic rings. The number of aryl methyl sites for hydroxylation is 8. The van der Waals surface area contributed by atoms with Crippen LogP contribution in [-0.2, 0) is 37.9 Å². The second-order valence-corrected chi connectivity index (χ2v) is 40.9. The Hall–Kier alpha value is -9.21. The van der Waals surface area contributed by atoms with Crippen LogP contribution in [0.25, 0.3) is 0 Å². The van der Waals surface area contributed by atoms with E-state index < -0.39 is 0 Å². The van der Waals surface area contributed by atoms with Gasteiger partial charge >= 0.3 is 0 Å². The van der Waals surface area contributed by atoms with Crippen molar-refractivity contribution in [3.8, 4) is 5.75 Å². The summed E-state index contributed by atoms with van der Waals surface area (Å²) >= 11 is 3.32. The molecule has 0 spiro atoms. The zero-order valence-corrected chi connectivity index (χ0v) is 84.2. The SMILES string of the molecule is CC(C)(C)c1cccc(C2CC2)n1.CC(C)c1cccc(Br)n1.COc1cccc(C(C)C)c1F.Cc1ccc(F)c(C(C)(C)C)n1.Cc1cccc(C(C)(C)C)c1F.Cc1cccc(C(C)(C)C)n1.Cc1cccc(C(C)(C)C)n1.Cc1cccc(C(C)(C)C)n1.Cc1cccc(C(C)C)n1.Cc1cncc(C(C)(C)C)c1.Cc1cncc(C(C)C)n1. The van der Waals surface area contributed by atoms with Crippen LogP contribution in [0.1, 0.15) is 356 Å². The zero-order valence-electron chi connectivity index (χ0n) is 82.6. The molecule has 0 radical (unpaired) electrons. The molecule has 0 atom stereocenters. The Morgan fingerprint density at radius 3 is 1.07 bits per heavy atom. The highest BCUT2D eigenvalue weighted by Crippen LogP contribution is 2.40. The van der Waals surface area contributed by atoms with E-state index in [-0.39, 0.29) is 61.3 Å². The van der Waals surface area contributed by atoms with Gasteiger partial charge in [-0.3, -0.25) is 44.9 Å². The Bertz CT molecular complexity index is 4570. The molecule has 9 heterocycles. The predicted molar refractivity (Wildman–Crippen MR) is 520 cm³/mol. The normalized spacial score (nSPS) is 11.9. The summed E-state index contributed by atoms with van der Waals surface area (Å²) in [7, 11) is 1.47. The van der Waals surface area contributed by atoms with Crippen LogP contribution in [0.15, 0.2) is 193 Å². The third-order valence-corrected chi connectivity index (χ3v) is 19.4. The molecule has 1 saturated carbocycles. The largest absolute Gasteiger partial charge is 0.494 e. The van der Waals surface area contributed by atoms with Gasteiger partial charge in [-0.15, -0.1) is 0 Å². The molecule has 9 aromatic heterocycles. The Labute approximate surface area is 752 Å². The molecule has 0 bridgehead atoms. The smallest absolute Gasteiger partial charge is 0.168 e. The highest BCUT2D eigenvalue weighted by Gasteiger charge is 2.27. The first-order chi connectivity index (χ1) is 56.7. The average molecular weight is 1750 g/mol. The van der Waals surface area contributed by atoms with Gasteiger partial charge in [0.05, 0.1) is 24.2 Å². The van der Waals surface area contributed by atoms with Crippen molar-refractivity contribution in [2.75, 3.05) is 7.11 Å². The Morgan fingerprint density at radius 2 is 0.740 bits per heavy atom. The summed E-state index contributed by atoms with van der Waals surface area (Å²) in [6.45, 7) is 77.2. The molecule has 11 nitrogen and oxygen atoms in total. The molecule has 1 aliphatic carbocycles. The van der Waals surface area contributed by atoms with Crippen molar-refractivity contribution in [2.45, 2.75) is 337 Å². The summed E-state index contributed by atoms with van der Waals surface area (Å²) in [5.74, 6) is 2.29. The van der Waals surface area contributed by atoms with E-state index in [0.29, 0.717) is 34.8 Å². The van der Waals surface area contributed by atoms with E-state index in [2.05, 4.69) is 286 Å². The fourth-order valence-electron chi connectivity index (χ4n) is 11.1. The van der Waals surface area contributed by atoms with Crippen LogP contribution in [0, 0.1) is 72.8 Å². The number of benzene rings is 2. The fraction of sp³-hybridized carbons (Fsp3) is 0.481. The number of hydrogen-bond acceptors (Lipinski definition) is 11. The summed E-state index contributed by atoms with van der Waals surface area (Å²) in [5, 5.41) is 0.